The number of hydrogen-bond acceptors (Lipinski definition) is 5. The topological polar surface area (TPSA) is 57.2 Å². The van der Waals surface area contributed by atoms with Crippen molar-refractivity contribution >= 4 is 0 Å². The summed E-state index contributed by atoms with van der Waals surface area (Å²) in [6.45, 7) is 6.78. The van der Waals surface area contributed by atoms with Crippen LogP contribution in [0.3, 0.4) is 0 Å². The van der Waals surface area contributed by atoms with E-state index in [0.29, 0.717) is 23.7 Å². The van der Waals surface area contributed by atoms with Gasteiger partial charge < -0.3 is 14.6 Å². The molecule has 8 atom stereocenters. The second-order valence-electron chi connectivity index (χ2n) is 8.31. The maximum Gasteiger partial charge on any atom is 0.201 e. The molecule has 1 spiro atoms. The zero-order chi connectivity index (χ0) is 16.2. The molecule has 4 heterocycles. The predicted octanol–water partition coefficient (Wildman–Crippen LogP) is 3.01. The lowest BCUT2D eigenvalue weighted by Gasteiger charge is -2.60. The van der Waals surface area contributed by atoms with Gasteiger partial charge in [0.05, 0.1) is 6.10 Å². The van der Waals surface area contributed by atoms with Gasteiger partial charge in [0.1, 0.15) is 0 Å². The third kappa shape index (κ3) is 2.31. The highest BCUT2D eigenvalue weighted by Crippen LogP contribution is 2.60. The van der Waals surface area contributed by atoms with Crippen molar-refractivity contribution in [1.82, 2.24) is 0 Å². The summed E-state index contributed by atoms with van der Waals surface area (Å²) < 4.78 is 12.7. The molecular weight excluding hydrogens is 296 g/mol. The van der Waals surface area contributed by atoms with Crippen LogP contribution in [0.2, 0.25) is 0 Å². The van der Waals surface area contributed by atoms with Crippen LogP contribution in [0, 0.1) is 23.7 Å². The first-order valence-corrected chi connectivity index (χ1v) is 9.31. The lowest BCUT2D eigenvalue weighted by atomic mass is 9.57. The molecule has 5 fully saturated rings. The molecule has 1 aliphatic carbocycles. The average molecular weight is 326 g/mol. The highest BCUT2D eigenvalue weighted by atomic mass is 17.3. The van der Waals surface area contributed by atoms with Gasteiger partial charge >= 0.3 is 0 Å². The Balaban J connectivity index is 1.70. The van der Waals surface area contributed by atoms with Crippen LogP contribution >= 0.6 is 0 Å². The number of ether oxygens (including phenoxy) is 2. The number of aliphatic hydroxyl groups is 1. The number of rotatable bonds is 3. The van der Waals surface area contributed by atoms with Crippen molar-refractivity contribution in [1.29, 1.82) is 0 Å². The minimum atomic E-state index is -0.695. The molecule has 4 saturated heterocycles. The predicted molar refractivity (Wildman–Crippen MR) is 83.1 cm³/mol. The van der Waals surface area contributed by atoms with Crippen molar-refractivity contribution in [3.63, 3.8) is 0 Å². The quantitative estimate of drug-likeness (QED) is 0.808. The molecule has 2 bridgehead atoms. The maximum atomic E-state index is 9.19. The number of aliphatic hydroxyl groups excluding tert-OH is 1. The monoisotopic (exact) mass is 326 g/mol. The van der Waals surface area contributed by atoms with Gasteiger partial charge in [0.25, 0.3) is 0 Å². The minimum absolute atomic E-state index is 0.128. The van der Waals surface area contributed by atoms with E-state index >= 15 is 0 Å². The molecule has 132 valence electrons. The molecule has 4 aliphatic heterocycles. The van der Waals surface area contributed by atoms with Gasteiger partial charge in [-0.15, -0.1) is 0 Å². The van der Waals surface area contributed by atoms with Crippen LogP contribution in [0.5, 0.6) is 0 Å². The average Bonchev–Trinajstić information content (AvgIpc) is 2.76. The zero-order valence-corrected chi connectivity index (χ0v) is 14.5. The van der Waals surface area contributed by atoms with Crippen LogP contribution in [0.1, 0.15) is 59.3 Å². The van der Waals surface area contributed by atoms with Gasteiger partial charge in [0.15, 0.2) is 11.9 Å². The molecule has 23 heavy (non-hydrogen) atoms. The molecule has 0 amide bonds. The summed E-state index contributed by atoms with van der Waals surface area (Å²) in [6, 6.07) is 0. The molecule has 1 saturated carbocycles. The lowest BCUT2D eigenvalue weighted by molar-refractivity contribution is -0.571. The Labute approximate surface area is 138 Å². The Bertz CT molecular complexity index is 457. The molecule has 0 aromatic rings. The van der Waals surface area contributed by atoms with Gasteiger partial charge in [-0.3, -0.25) is 0 Å². The van der Waals surface area contributed by atoms with Crippen LogP contribution in [0.25, 0.3) is 0 Å². The van der Waals surface area contributed by atoms with Crippen molar-refractivity contribution in [3.8, 4) is 0 Å². The van der Waals surface area contributed by atoms with Crippen molar-refractivity contribution < 1.29 is 24.4 Å². The van der Waals surface area contributed by atoms with E-state index in [9.17, 15) is 5.11 Å². The first kappa shape index (κ1) is 16.3. The Kier molecular flexibility index (Phi) is 4.01. The van der Waals surface area contributed by atoms with E-state index in [1.807, 2.05) is 6.92 Å². The van der Waals surface area contributed by atoms with Crippen LogP contribution in [0.4, 0.5) is 0 Å². The Hall–Kier alpha value is -0.200. The third-order valence-corrected chi connectivity index (χ3v) is 6.94. The van der Waals surface area contributed by atoms with E-state index in [1.54, 1.807) is 0 Å². The number of fused-ring (bicyclic) bond motifs is 2. The fourth-order valence-corrected chi connectivity index (χ4v) is 5.60. The van der Waals surface area contributed by atoms with E-state index in [4.69, 9.17) is 19.2 Å². The molecule has 1 unspecified atom stereocenters. The van der Waals surface area contributed by atoms with Gasteiger partial charge in [-0.1, -0.05) is 13.8 Å². The Morgan fingerprint density at radius 1 is 1.09 bits per heavy atom. The minimum Gasteiger partial charge on any atom is -0.396 e. The van der Waals surface area contributed by atoms with Gasteiger partial charge in [0.2, 0.25) is 5.79 Å². The van der Waals surface area contributed by atoms with E-state index < -0.39 is 11.4 Å². The molecule has 5 aliphatic rings. The summed E-state index contributed by atoms with van der Waals surface area (Å²) in [5.41, 5.74) is -0.456. The smallest absolute Gasteiger partial charge is 0.201 e. The van der Waals surface area contributed by atoms with E-state index in [-0.39, 0.29) is 19.0 Å². The Morgan fingerprint density at radius 2 is 1.91 bits per heavy atom. The molecule has 0 aromatic carbocycles. The summed E-state index contributed by atoms with van der Waals surface area (Å²) in [6.07, 6.45) is 5.73. The van der Waals surface area contributed by atoms with Crippen molar-refractivity contribution in [2.24, 2.45) is 23.7 Å². The molecule has 5 nitrogen and oxygen atoms in total. The maximum absolute atomic E-state index is 9.19. The molecule has 5 heteroatoms. The van der Waals surface area contributed by atoms with E-state index in [2.05, 4.69) is 13.8 Å². The molecule has 1 N–H and O–H groups in total. The van der Waals surface area contributed by atoms with Crippen molar-refractivity contribution in [3.05, 3.63) is 0 Å². The molecule has 5 rings (SSSR count). The van der Waals surface area contributed by atoms with Gasteiger partial charge in [0, 0.05) is 18.9 Å². The standard InChI is InChI=1S/C18H30O5/c1-11-6-7-14-12(2)15(5-4-10-19)20-16-18(14)13(11)8-9-17(3,21-16)22-23-18/h11-16,19H,4-10H2,1-3H3/t11-,12-,13+,14+,15?,16-,17-,18-/m1/s1. The third-order valence-electron chi connectivity index (χ3n) is 6.94. The normalized spacial score (nSPS) is 55.3. The summed E-state index contributed by atoms with van der Waals surface area (Å²) in [5, 5.41) is 9.19. The number of hydrogen-bond donors (Lipinski definition) is 1. The van der Waals surface area contributed by atoms with E-state index in [0.717, 1.165) is 32.1 Å². The second kappa shape index (κ2) is 5.67. The summed E-state index contributed by atoms with van der Waals surface area (Å²) in [7, 11) is 0. The first-order chi connectivity index (χ1) is 11.0. The van der Waals surface area contributed by atoms with Crippen LogP contribution in [-0.2, 0) is 19.2 Å². The van der Waals surface area contributed by atoms with Crippen molar-refractivity contribution in [2.45, 2.75) is 83.1 Å². The van der Waals surface area contributed by atoms with Crippen LogP contribution in [0.15, 0.2) is 0 Å². The first-order valence-electron chi connectivity index (χ1n) is 9.31. The highest BCUT2D eigenvalue weighted by Gasteiger charge is 2.69. The molecular formula is C18H30O5. The second-order valence-corrected chi connectivity index (χ2v) is 8.31. The fraction of sp³-hybridized carbons (Fsp3) is 1.00. The van der Waals surface area contributed by atoms with Crippen LogP contribution in [-0.4, -0.2) is 35.5 Å². The van der Waals surface area contributed by atoms with E-state index in [1.165, 1.54) is 6.42 Å². The highest BCUT2D eigenvalue weighted by molar-refractivity contribution is 5.09. The molecule has 0 aromatic heterocycles. The Morgan fingerprint density at radius 3 is 2.70 bits per heavy atom. The molecule has 0 radical (unpaired) electrons. The van der Waals surface area contributed by atoms with Gasteiger partial charge in [-0.25, -0.2) is 9.78 Å². The largest absolute Gasteiger partial charge is 0.396 e. The van der Waals surface area contributed by atoms with Crippen LogP contribution < -0.4 is 0 Å². The summed E-state index contributed by atoms with van der Waals surface area (Å²) in [5.74, 6) is 1.12. The van der Waals surface area contributed by atoms with Gasteiger partial charge in [-0.2, -0.15) is 0 Å². The summed E-state index contributed by atoms with van der Waals surface area (Å²) >= 11 is 0. The zero-order valence-electron chi connectivity index (χ0n) is 14.5. The lowest BCUT2D eigenvalue weighted by Crippen LogP contribution is -2.70. The van der Waals surface area contributed by atoms with Crippen molar-refractivity contribution in [2.75, 3.05) is 6.61 Å². The summed E-state index contributed by atoms with van der Waals surface area (Å²) in [4.78, 5) is 11.9. The fourth-order valence-electron chi connectivity index (χ4n) is 5.60. The SMILES string of the molecule is C[C@@H]1CC[C@H]2[C@@H](C)C(CCCO)O[C@@H]3O[C@@]4(C)CC[C@@H]1[C@]32OO4. The van der Waals surface area contributed by atoms with Gasteiger partial charge in [-0.05, 0) is 56.8 Å².